The Hall–Kier alpha value is -2.33. The van der Waals surface area contributed by atoms with E-state index in [2.05, 4.69) is 17.4 Å². The van der Waals surface area contributed by atoms with E-state index in [9.17, 15) is 4.79 Å². The molecule has 0 spiro atoms. The molecule has 23 heavy (non-hydrogen) atoms. The number of rotatable bonds is 5. The van der Waals surface area contributed by atoms with Gasteiger partial charge in [0, 0.05) is 6.04 Å². The zero-order chi connectivity index (χ0) is 16.2. The molecule has 1 amide bonds. The van der Waals surface area contributed by atoms with E-state index in [1.165, 1.54) is 11.1 Å². The molecule has 0 saturated heterocycles. The molecule has 120 valence electrons. The van der Waals surface area contributed by atoms with Gasteiger partial charge in [0.25, 0.3) is 0 Å². The normalized spacial score (nSPS) is 18.0. The van der Waals surface area contributed by atoms with E-state index in [4.69, 9.17) is 10.5 Å². The number of primary amides is 1. The van der Waals surface area contributed by atoms with Crippen LogP contribution >= 0.6 is 0 Å². The number of hydrogen-bond donors (Lipinski definition) is 2. The molecule has 0 aromatic heterocycles. The Balaban J connectivity index is 1.76. The Kier molecular flexibility index (Phi) is 4.63. The lowest BCUT2D eigenvalue weighted by Gasteiger charge is -2.29. The number of hydrogen-bond acceptors (Lipinski definition) is 3. The standard InChI is InChI=1S/C19H22N2O2/c1-23-17-10-8-13-7-9-16(11-15(13)12-17)21-18(19(20)22)14-5-3-2-4-6-14/h2-6,8,10,12,16,18,21H,7,9,11H2,1H3,(H2,20,22)/t16-,18-/m0/s1. The Bertz CT molecular complexity index is 685. The van der Waals surface area contributed by atoms with Crippen molar-refractivity contribution >= 4 is 5.91 Å². The van der Waals surface area contributed by atoms with Crippen molar-refractivity contribution in [1.29, 1.82) is 0 Å². The molecule has 0 aliphatic heterocycles. The van der Waals surface area contributed by atoms with Gasteiger partial charge < -0.3 is 10.5 Å². The molecule has 0 unspecified atom stereocenters. The predicted octanol–water partition coefficient (Wildman–Crippen LogP) is 2.37. The van der Waals surface area contributed by atoms with Crippen molar-refractivity contribution in [2.24, 2.45) is 5.73 Å². The molecule has 0 saturated carbocycles. The highest BCUT2D eigenvalue weighted by molar-refractivity contribution is 5.81. The number of nitrogens with two attached hydrogens (primary N) is 1. The summed E-state index contributed by atoms with van der Waals surface area (Å²) < 4.78 is 5.31. The first-order valence-corrected chi connectivity index (χ1v) is 7.93. The summed E-state index contributed by atoms with van der Waals surface area (Å²) in [7, 11) is 1.68. The van der Waals surface area contributed by atoms with Gasteiger partial charge in [0.05, 0.1) is 7.11 Å². The minimum Gasteiger partial charge on any atom is -0.497 e. The first-order chi connectivity index (χ1) is 11.2. The van der Waals surface area contributed by atoms with Gasteiger partial charge in [0.2, 0.25) is 5.91 Å². The summed E-state index contributed by atoms with van der Waals surface area (Å²) in [6.07, 6.45) is 2.87. The summed E-state index contributed by atoms with van der Waals surface area (Å²) in [5.74, 6) is 0.534. The lowest BCUT2D eigenvalue weighted by Crippen LogP contribution is -2.42. The molecule has 2 aromatic carbocycles. The van der Waals surface area contributed by atoms with Crippen LogP contribution in [0.15, 0.2) is 48.5 Å². The number of aryl methyl sites for hydroxylation is 1. The molecule has 3 N–H and O–H groups in total. The number of fused-ring (bicyclic) bond motifs is 1. The van der Waals surface area contributed by atoms with Gasteiger partial charge in [-0.05, 0) is 48.1 Å². The Morgan fingerprint density at radius 1 is 1.22 bits per heavy atom. The molecular formula is C19H22N2O2. The first kappa shape index (κ1) is 15.6. The minimum atomic E-state index is -0.451. The fourth-order valence-electron chi connectivity index (χ4n) is 3.23. The van der Waals surface area contributed by atoms with E-state index < -0.39 is 6.04 Å². The van der Waals surface area contributed by atoms with Gasteiger partial charge in [-0.25, -0.2) is 0 Å². The van der Waals surface area contributed by atoms with E-state index >= 15 is 0 Å². The monoisotopic (exact) mass is 310 g/mol. The highest BCUT2D eigenvalue weighted by atomic mass is 16.5. The van der Waals surface area contributed by atoms with Crippen LogP contribution in [0.2, 0.25) is 0 Å². The van der Waals surface area contributed by atoms with Gasteiger partial charge >= 0.3 is 0 Å². The lowest BCUT2D eigenvalue weighted by atomic mass is 9.87. The highest BCUT2D eigenvalue weighted by Crippen LogP contribution is 2.27. The van der Waals surface area contributed by atoms with Crippen LogP contribution in [-0.4, -0.2) is 19.1 Å². The molecule has 2 aromatic rings. The minimum absolute atomic E-state index is 0.229. The number of methoxy groups -OCH3 is 1. The van der Waals surface area contributed by atoms with Crippen molar-refractivity contribution < 1.29 is 9.53 Å². The van der Waals surface area contributed by atoms with Crippen molar-refractivity contribution in [2.45, 2.75) is 31.3 Å². The topological polar surface area (TPSA) is 64.3 Å². The maximum atomic E-state index is 11.9. The third-order valence-electron chi connectivity index (χ3n) is 4.46. The molecule has 0 radical (unpaired) electrons. The van der Waals surface area contributed by atoms with Gasteiger partial charge in [-0.1, -0.05) is 36.4 Å². The van der Waals surface area contributed by atoms with E-state index in [1.54, 1.807) is 7.11 Å². The number of carbonyl (C=O) groups excluding carboxylic acids is 1. The van der Waals surface area contributed by atoms with Crippen LogP contribution < -0.4 is 15.8 Å². The van der Waals surface area contributed by atoms with Crippen LogP contribution in [-0.2, 0) is 17.6 Å². The lowest BCUT2D eigenvalue weighted by molar-refractivity contribution is -0.120. The Morgan fingerprint density at radius 3 is 2.70 bits per heavy atom. The molecule has 3 rings (SSSR count). The summed E-state index contributed by atoms with van der Waals surface area (Å²) in [4.78, 5) is 11.9. The van der Waals surface area contributed by atoms with Crippen LogP contribution in [0.25, 0.3) is 0 Å². The van der Waals surface area contributed by atoms with Crippen LogP contribution in [0.4, 0.5) is 0 Å². The van der Waals surface area contributed by atoms with E-state index in [0.717, 1.165) is 30.6 Å². The third kappa shape index (κ3) is 3.54. The summed E-state index contributed by atoms with van der Waals surface area (Å²) in [5, 5.41) is 3.43. The van der Waals surface area contributed by atoms with Gasteiger partial charge in [-0.3, -0.25) is 10.1 Å². The van der Waals surface area contributed by atoms with Gasteiger partial charge in [0.1, 0.15) is 11.8 Å². The van der Waals surface area contributed by atoms with E-state index in [0.29, 0.717) is 0 Å². The van der Waals surface area contributed by atoms with Gasteiger partial charge in [-0.2, -0.15) is 0 Å². The Morgan fingerprint density at radius 2 is 2.00 bits per heavy atom. The van der Waals surface area contributed by atoms with Crippen molar-refractivity contribution in [3.63, 3.8) is 0 Å². The second kappa shape index (κ2) is 6.84. The zero-order valence-electron chi connectivity index (χ0n) is 13.3. The van der Waals surface area contributed by atoms with Crippen molar-refractivity contribution in [2.75, 3.05) is 7.11 Å². The molecule has 1 aliphatic carbocycles. The summed E-state index contributed by atoms with van der Waals surface area (Å²) in [6.45, 7) is 0. The molecule has 0 heterocycles. The summed E-state index contributed by atoms with van der Waals surface area (Å²) >= 11 is 0. The number of ether oxygens (including phenoxy) is 1. The van der Waals surface area contributed by atoms with Gasteiger partial charge in [0.15, 0.2) is 0 Å². The maximum absolute atomic E-state index is 11.9. The van der Waals surface area contributed by atoms with Crippen LogP contribution in [0, 0.1) is 0 Å². The zero-order valence-corrected chi connectivity index (χ0v) is 13.3. The molecule has 4 nitrogen and oxygen atoms in total. The fraction of sp³-hybridized carbons (Fsp3) is 0.316. The SMILES string of the molecule is COc1ccc2c(c1)C[C@@H](N[C@H](C(N)=O)c1ccccc1)CC2. The molecular weight excluding hydrogens is 288 g/mol. The second-order valence-electron chi connectivity index (χ2n) is 5.99. The average Bonchev–Trinajstić information content (AvgIpc) is 2.59. The van der Waals surface area contributed by atoms with Crippen molar-refractivity contribution in [3.8, 4) is 5.75 Å². The largest absolute Gasteiger partial charge is 0.497 e. The van der Waals surface area contributed by atoms with Crippen molar-refractivity contribution in [1.82, 2.24) is 5.32 Å². The van der Waals surface area contributed by atoms with Gasteiger partial charge in [-0.15, -0.1) is 0 Å². The molecule has 0 bridgehead atoms. The molecule has 1 aliphatic rings. The van der Waals surface area contributed by atoms with E-state index in [-0.39, 0.29) is 11.9 Å². The quantitative estimate of drug-likeness (QED) is 0.891. The van der Waals surface area contributed by atoms with E-state index in [1.807, 2.05) is 36.4 Å². The number of nitrogens with one attached hydrogen (secondary N) is 1. The Labute approximate surface area is 136 Å². The predicted molar refractivity (Wildman–Crippen MR) is 90.3 cm³/mol. The maximum Gasteiger partial charge on any atom is 0.239 e. The smallest absolute Gasteiger partial charge is 0.239 e. The summed E-state index contributed by atoms with van der Waals surface area (Å²) in [6, 6.07) is 15.7. The third-order valence-corrected chi connectivity index (χ3v) is 4.46. The van der Waals surface area contributed by atoms with Crippen molar-refractivity contribution in [3.05, 3.63) is 65.2 Å². The number of carbonyl (C=O) groups is 1. The molecule has 0 fully saturated rings. The average molecular weight is 310 g/mol. The second-order valence-corrected chi connectivity index (χ2v) is 5.99. The highest BCUT2D eigenvalue weighted by Gasteiger charge is 2.25. The first-order valence-electron chi connectivity index (χ1n) is 7.93. The fourth-order valence-corrected chi connectivity index (χ4v) is 3.23. The summed E-state index contributed by atoms with van der Waals surface area (Å²) in [5.41, 5.74) is 9.16. The molecule has 2 atom stereocenters. The van der Waals surface area contributed by atoms with Crippen LogP contribution in [0.5, 0.6) is 5.75 Å². The number of benzene rings is 2. The van der Waals surface area contributed by atoms with Crippen LogP contribution in [0.1, 0.15) is 29.2 Å². The molecule has 4 heteroatoms. The van der Waals surface area contributed by atoms with Crippen LogP contribution in [0.3, 0.4) is 0 Å². The number of amides is 1.